The minimum atomic E-state index is 0.637. The van der Waals surface area contributed by atoms with Crippen molar-refractivity contribution in [2.45, 2.75) is 16.9 Å². The van der Waals surface area contributed by atoms with Crippen LogP contribution >= 0.6 is 11.8 Å². The lowest BCUT2D eigenvalue weighted by Crippen LogP contribution is -2.06. The maximum Gasteiger partial charge on any atom is 0.216 e. The van der Waals surface area contributed by atoms with Gasteiger partial charge >= 0.3 is 0 Å². The number of nitrogens with zero attached hydrogens (tertiary/aromatic N) is 6. The number of hydrogen-bond donors (Lipinski definition) is 1. The second-order valence-electron chi connectivity index (χ2n) is 3.09. The zero-order valence-corrected chi connectivity index (χ0v) is 9.77. The van der Waals surface area contributed by atoms with E-state index in [9.17, 15) is 0 Å². The summed E-state index contributed by atoms with van der Waals surface area (Å²) in [5.74, 6) is 0. The van der Waals surface area contributed by atoms with Crippen LogP contribution in [0.1, 0.15) is 5.56 Å². The normalized spacial score (nSPS) is 10.6. The minimum absolute atomic E-state index is 0.637. The molecule has 2 aromatic heterocycles. The van der Waals surface area contributed by atoms with E-state index in [0.29, 0.717) is 10.3 Å². The van der Waals surface area contributed by atoms with Crippen LogP contribution in [-0.2, 0) is 13.6 Å². The van der Waals surface area contributed by atoms with E-state index < -0.39 is 0 Å². The SMILES string of the molecule is CNCc1cnc(Sc2nnnn2C)nc1. The average molecular weight is 237 g/mol. The summed E-state index contributed by atoms with van der Waals surface area (Å²) < 4.78 is 1.58. The Morgan fingerprint density at radius 3 is 2.69 bits per heavy atom. The predicted molar refractivity (Wildman–Crippen MR) is 57.7 cm³/mol. The number of tetrazole rings is 1. The Bertz CT molecular complexity index is 452. The summed E-state index contributed by atoms with van der Waals surface area (Å²) in [4.78, 5) is 8.43. The van der Waals surface area contributed by atoms with Crippen LogP contribution in [0, 0.1) is 0 Å². The largest absolute Gasteiger partial charge is 0.316 e. The van der Waals surface area contributed by atoms with E-state index in [1.165, 1.54) is 11.8 Å². The van der Waals surface area contributed by atoms with Gasteiger partial charge in [0.25, 0.3) is 0 Å². The van der Waals surface area contributed by atoms with E-state index in [2.05, 4.69) is 30.8 Å². The third kappa shape index (κ3) is 2.52. The molecular weight excluding hydrogens is 226 g/mol. The molecule has 0 fully saturated rings. The summed E-state index contributed by atoms with van der Waals surface area (Å²) in [5, 5.41) is 15.5. The van der Waals surface area contributed by atoms with Gasteiger partial charge in [0.15, 0.2) is 5.16 Å². The summed E-state index contributed by atoms with van der Waals surface area (Å²) in [6, 6.07) is 0. The van der Waals surface area contributed by atoms with Crippen LogP contribution in [0.25, 0.3) is 0 Å². The molecule has 0 aliphatic rings. The molecule has 0 aromatic carbocycles. The van der Waals surface area contributed by atoms with Crippen molar-refractivity contribution in [1.82, 2.24) is 35.5 Å². The van der Waals surface area contributed by atoms with Gasteiger partial charge in [-0.2, -0.15) is 0 Å². The van der Waals surface area contributed by atoms with Crippen LogP contribution < -0.4 is 5.32 Å². The Labute approximate surface area is 96.7 Å². The van der Waals surface area contributed by atoms with Crippen molar-refractivity contribution >= 4 is 11.8 Å². The third-order valence-corrected chi connectivity index (χ3v) is 2.75. The van der Waals surface area contributed by atoms with Crippen LogP contribution in [0.4, 0.5) is 0 Å². The molecule has 0 bridgehead atoms. The van der Waals surface area contributed by atoms with Crippen LogP contribution in [0.3, 0.4) is 0 Å². The third-order valence-electron chi connectivity index (χ3n) is 1.83. The lowest BCUT2D eigenvalue weighted by Gasteiger charge is -2.00. The second kappa shape index (κ2) is 4.99. The zero-order valence-electron chi connectivity index (χ0n) is 8.95. The first-order valence-corrected chi connectivity index (χ1v) is 5.47. The van der Waals surface area contributed by atoms with Gasteiger partial charge in [0.1, 0.15) is 0 Å². The quantitative estimate of drug-likeness (QED) is 0.742. The molecular formula is C8H11N7S. The Balaban J connectivity index is 2.08. The topological polar surface area (TPSA) is 81.4 Å². The lowest BCUT2D eigenvalue weighted by atomic mass is 10.3. The maximum atomic E-state index is 4.22. The fourth-order valence-corrected chi connectivity index (χ4v) is 1.70. The van der Waals surface area contributed by atoms with E-state index >= 15 is 0 Å². The molecule has 0 amide bonds. The van der Waals surface area contributed by atoms with Gasteiger partial charge in [0, 0.05) is 31.5 Å². The second-order valence-corrected chi connectivity index (χ2v) is 4.03. The van der Waals surface area contributed by atoms with Gasteiger partial charge in [-0.25, -0.2) is 14.6 Å². The Kier molecular flexibility index (Phi) is 3.42. The van der Waals surface area contributed by atoms with Crippen LogP contribution in [0.2, 0.25) is 0 Å². The fraction of sp³-hybridized carbons (Fsp3) is 0.375. The molecule has 1 N–H and O–H groups in total. The average Bonchev–Trinajstić information content (AvgIpc) is 2.68. The standard InChI is InChI=1S/C8H11N7S/c1-9-3-6-4-10-7(11-5-6)16-8-12-13-14-15(8)2/h4-5,9H,3H2,1-2H3. The van der Waals surface area contributed by atoms with E-state index in [0.717, 1.165) is 12.1 Å². The van der Waals surface area contributed by atoms with Crippen LogP contribution in [0.15, 0.2) is 22.7 Å². The van der Waals surface area contributed by atoms with Crippen molar-refractivity contribution < 1.29 is 0 Å². The molecule has 0 saturated heterocycles. The van der Waals surface area contributed by atoms with Gasteiger partial charge in [-0.3, -0.25) is 0 Å². The van der Waals surface area contributed by atoms with Gasteiger partial charge in [0.2, 0.25) is 5.16 Å². The molecule has 0 radical (unpaired) electrons. The first-order valence-electron chi connectivity index (χ1n) is 4.65. The molecule has 0 saturated carbocycles. The molecule has 7 nitrogen and oxygen atoms in total. The fourth-order valence-electron chi connectivity index (χ4n) is 1.08. The predicted octanol–water partition coefficient (Wildman–Crippen LogP) is -0.129. The van der Waals surface area contributed by atoms with E-state index in [1.807, 2.05) is 7.05 Å². The smallest absolute Gasteiger partial charge is 0.216 e. The highest BCUT2D eigenvalue weighted by molar-refractivity contribution is 7.99. The Morgan fingerprint density at radius 1 is 1.38 bits per heavy atom. The highest BCUT2D eigenvalue weighted by Crippen LogP contribution is 2.19. The number of hydrogen-bond acceptors (Lipinski definition) is 7. The number of rotatable bonds is 4. The van der Waals surface area contributed by atoms with Crippen LogP contribution in [-0.4, -0.2) is 37.2 Å². The van der Waals surface area contributed by atoms with Crippen molar-refractivity contribution in [3.63, 3.8) is 0 Å². The van der Waals surface area contributed by atoms with E-state index in [-0.39, 0.29) is 0 Å². The minimum Gasteiger partial charge on any atom is -0.316 e. The summed E-state index contributed by atoms with van der Waals surface area (Å²) in [5.41, 5.74) is 1.04. The summed E-state index contributed by atoms with van der Waals surface area (Å²) >= 11 is 1.33. The summed E-state index contributed by atoms with van der Waals surface area (Å²) in [7, 11) is 3.66. The molecule has 0 atom stereocenters. The Morgan fingerprint density at radius 2 is 2.12 bits per heavy atom. The van der Waals surface area contributed by atoms with Crippen molar-refractivity contribution in [1.29, 1.82) is 0 Å². The Hall–Kier alpha value is -1.54. The molecule has 0 aliphatic heterocycles. The van der Waals surface area contributed by atoms with Crippen molar-refractivity contribution in [2.24, 2.45) is 7.05 Å². The van der Waals surface area contributed by atoms with Gasteiger partial charge in [0.05, 0.1) is 0 Å². The molecule has 0 aliphatic carbocycles. The number of aryl methyl sites for hydroxylation is 1. The van der Waals surface area contributed by atoms with E-state index in [1.54, 1.807) is 24.1 Å². The first-order chi connectivity index (χ1) is 7.79. The highest BCUT2D eigenvalue weighted by Gasteiger charge is 2.06. The number of nitrogens with one attached hydrogen (secondary N) is 1. The summed E-state index contributed by atoms with van der Waals surface area (Å²) in [6.07, 6.45) is 3.57. The van der Waals surface area contributed by atoms with Gasteiger partial charge in [-0.05, 0) is 29.2 Å². The molecule has 0 spiro atoms. The molecule has 0 unspecified atom stereocenters. The molecule has 2 aromatic rings. The van der Waals surface area contributed by atoms with Crippen molar-refractivity contribution in [3.05, 3.63) is 18.0 Å². The van der Waals surface area contributed by atoms with Crippen molar-refractivity contribution in [3.8, 4) is 0 Å². The molecule has 84 valence electrons. The lowest BCUT2D eigenvalue weighted by molar-refractivity contribution is 0.663. The molecule has 16 heavy (non-hydrogen) atoms. The van der Waals surface area contributed by atoms with Gasteiger partial charge < -0.3 is 5.32 Å². The van der Waals surface area contributed by atoms with Gasteiger partial charge in [-0.1, -0.05) is 0 Å². The molecule has 2 heterocycles. The van der Waals surface area contributed by atoms with Gasteiger partial charge in [-0.15, -0.1) is 5.10 Å². The summed E-state index contributed by atoms with van der Waals surface area (Å²) in [6.45, 7) is 0.760. The van der Waals surface area contributed by atoms with E-state index in [4.69, 9.17) is 0 Å². The number of aromatic nitrogens is 6. The highest BCUT2D eigenvalue weighted by atomic mass is 32.2. The monoisotopic (exact) mass is 237 g/mol. The van der Waals surface area contributed by atoms with Crippen LogP contribution in [0.5, 0.6) is 0 Å². The van der Waals surface area contributed by atoms with Crippen molar-refractivity contribution in [2.75, 3.05) is 7.05 Å². The first kappa shape index (κ1) is 11.0. The zero-order chi connectivity index (χ0) is 11.4. The maximum absolute atomic E-state index is 4.22. The molecule has 2 rings (SSSR count). The molecule has 8 heteroatoms.